The Hall–Kier alpha value is -1.73. The van der Waals surface area contributed by atoms with Gasteiger partial charge < -0.3 is 10.1 Å². The Morgan fingerprint density at radius 2 is 2.35 bits per heavy atom. The molecule has 0 aliphatic carbocycles. The summed E-state index contributed by atoms with van der Waals surface area (Å²) >= 11 is 0. The van der Waals surface area contributed by atoms with E-state index in [1.165, 1.54) is 9.08 Å². The molecule has 1 N–H and O–H groups in total. The van der Waals surface area contributed by atoms with E-state index in [-0.39, 0.29) is 5.69 Å². The first-order chi connectivity index (χ1) is 8.33. The summed E-state index contributed by atoms with van der Waals surface area (Å²) in [5.41, 5.74) is 0.422. The molecular formula is C10H15N5O2. The van der Waals surface area contributed by atoms with Gasteiger partial charge in [-0.05, 0) is 0 Å². The Kier molecular flexibility index (Phi) is 3.84. The van der Waals surface area contributed by atoms with E-state index in [0.717, 1.165) is 6.54 Å². The molecule has 17 heavy (non-hydrogen) atoms. The number of hydrogen-bond donors (Lipinski definition) is 1. The largest absolute Gasteiger partial charge is 0.383 e. The summed E-state index contributed by atoms with van der Waals surface area (Å²) in [5.74, 6) is 0. The fourth-order valence-electron chi connectivity index (χ4n) is 1.51. The molecule has 0 saturated carbocycles. The lowest BCUT2D eigenvalue weighted by atomic mass is 10.6. The van der Waals surface area contributed by atoms with E-state index in [9.17, 15) is 4.79 Å². The van der Waals surface area contributed by atoms with Crippen molar-refractivity contribution in [3.8, 4) is 0 Å². The minimum atomic E-state index is -0.143. The average molecular weight is 237 g/mol. The van der Waals surface area contributed by atoms with Crippen LogP contribution in [0.1, 0.15) is 0 Å². The lowest BCUT2D eigenvalue weighted by molar-refractivity contribution is 0.199. The minimum absolute atomic E-state index is 0.143. The molecule has 0 aliphatic heterocycles. The summed E-state index contributed by atoms with van der Waals surface area (Å²) in [7, 11) is 1.65. The number of ether oxygens (including phenoxy) is 1. The lowest BCUT2D eigenvalue weighted by Crippen LogP contribution is -2.29. The van der Waals surface area contributed by atoms with Crippen molar-refractivity contribution in [1.29, 1.82) is 0 Å². The highest BCUT2D eigenvalue weighted by atomic mass is 16.5. The Morgan fingerprint density at radius 3 is 3.12 bits per heavy atom. The van der Waals surface area contributed by atoms with Crippen LogP contribution in [0.15, 0.2) is 23.4 Å². The number of nitrogens with one attached hydrogen (secondary N) is 1. The highest BCUT2D eigenvalue weighted by molar-refractivity contribution is 5.31. The van der Waals surface area contributed by atoms with E-state index < -0.39 is 0 Å². The fourth-order valence-corrected chi connectivity index (χ4v) is 1.51. The van der Waals surface area contributed by atoms with Crippen molar-refractivity contribution < 1.29 is 4.74 Å². The summed E-state index contributed by atoms with van der Waals surface area (Å²) in [6, 6.07) is 0. The number of nitrogens with zero attached hydrogens (tertiary/aromatic N) is 4. The van der Waals surface area contributed by atoms with E-state index in [2.05, 4.69) is 15.4 Å². The molecule has 2 aromatic heterocycles. The van der Waals surface area contributed by atoms with Crippen molar-refractivity contribution in [2.24, 2.45) is 0 Å². The Morgan fingerprint density at radius 1 is 1.47 bits per heavy atom. The number of hydrogen-bond acceptors (Lipinski definition) is 5. The quantitative estimate of drug-likeness (QED) is 0.661. The van der Waals surface area contributed by atoms with Crippen LogP contribution in [-0.4, -0.2) is 46.0 Å². The van der Waals surface area contributed by atoms with Crippen molar-refractivity contribution >= 4 is 5.65 Å². The van der Waals surface area contributed by atoms with E-state index in [4.69, 9.17) is 4.74 Å². The summed E-state index contributed by atoms with van der Waals surface area (Å²) in [5, 5.41) is 7.32. The van der Waals surface area contributed by atoms with Crippen LogP contribution in [0.3, 0.4) is 0 Å². The molecule has 7 heteroatoms. The number of rotatable bonds is 6. The normalized spacial score (nSPS) is 11.1. The third-order valence-electron chi connectivity index (χ3n) is 2.37. The fraction of sp³-hybridized carbons (Fsp3) is 0.500. The van der Waals surface area contributed by atoms with Crippen LogP contribution in [0.5, 0.6) is 0 Å². The summed E-state index contributed by atoms with van der Waals surface area (Å²) in [4.78, 5) is 15.8. The van der Waals surface area contributed by atoms with Gasteiger partial charge in [-0.15, -0.1) is 5.10 Å². The number of methoxy groups -OCH3 is 1. The summed E-state index contributed by atoms with van der Waals surface area (Å²) in [6.07, 6.45) is 4.74. The Balaban J connectivity index is 1.99. The minimum Gasteiger partial charge on any atom is -0.383 e. The van der Waals surface area contributed by atoms with Crippen molar-refractivity contribution in [1.82, 2.24) is 24.5 Å². The van der Waals surface area contributed by atoms with Gasteiger partial charge in [-0.2, -0.15) is 0 Å². The molecule has 0 aliphatic rings. The average Bonchev–Trinajstić information content (AvgIpc) is 2.67. The van der Waals surface area contributed by atoms with Crippen LogP contribution >= 0.6 is 0 Å². The van der Waals surface area contributed by atoms with Gasteiger partial charge in [0.2, 0.25) is 0 Å². The van der Waals surface area contributed by atoms with E-state index >= 15 is 0 Å². The van der Waals surface area contributed by atoms with Crippen LogP contribution < -0.4 is 11.0 Å². The van der Waals surface area contributed by atoms with Crippen LogP contribution in [0.25, 0.3) is 5.65 Å². The standard InChI is InChI=1S/C10H15N5O2/c1-17-7-4-11-3-6-15-10(16)14-5-2-12-8-9(14)13-15/h2,5,8,11H,3-4,6-7H2,1H3. The molecule has 0 radical (unpaired) electrons. The van der Waals surface area contributed by atoms with E-state index in [1.807, 2.05) is 0 Å². The van der Waals surface area contributed by atoms with Gasteiger partial charge in [-0.25, -0.2) is 13.9 Å². The molecule has 0 aromatic carbocycles. The lowest BCUT2D eigenvalue weighted by Gasteiger charge is -2.02. The predicted octanol–water partition coefficient (Wildman–Crippen LogP) is -0.873. The zero-order valence-corrected chi connectivity index (χ0v) is 9.67. The molecule has 0 fully saturated rings. The van der Waals surface area contributed by atoms with E-state index in [0.29, 0.717) is 25.3 Å². The molecular weight excluding hydrogens is 222 g/mol. The van der Waals surface area contributed by atoms with Crippen LogP contribution in [0.2, 0.25) is 0 Å². The molecule has 0 bridgehead atoms. The molecule has 2 aromatic rings. The Labute approximate surface area is 98.0 Å². The zero-order valence-electron chi connectivity index (χ0n) is 9.67. The van der Waals surface area contributed by atoms with Gasteiger partial charge in [-0.3, -0.25) is 4.98 Å². The molecule has 0 spiro atoms. The van der Waals surface area contributed by atoms with Crippen molar-refractivity contribution in [3.05, 3.63) is 29.1 Å². The van der Waals surface area contributed by atoms with E-state index in [1.54, 1.807) is 25.7 Å². The van der Waals surface area contributed by atoms with Crippen LogP contribution in [-0.2, 0) is 11.3 Å². The predicted molar refractivity (Wildman–Crippen MR) is 62.0 cm³/mol. The highest BCUT2D eigenvalue weighted by Crippen LogP contribution is 1.91. The first-order valence-corrected chi connectivity index (χ1v) is 5.42. The second kappa shape index (κ2) is 5.55. The van der Waals surface area contributed by atoms with Gasteiger partial charge in [0.1, 0.15) is 0 Å². The molecule has 7 nitrogen and oxygen atoms in total. The second-order valence-corrected chi connectivity index (χ2v) is 3.55. The topological polar surface area (TPSA) is 73.4 Å². The third-order valence-corrected chi connectivity index (χ3v) is 2.37. The van der Waals surface area contributed by atoms with Crippen molar-refractivity contribution in [2.45, 2.75) is 6.54 Å². The van der Waals surface area contributed by atoms with Crippen molar-refractivity contribution in [2.75, 3.05) is 26.8 Å². The molecule has 2 rings (SSSR count). The number of aromatic nitrogens is 4. The molecule has 0 saturated heterocycles. The SMILES string of the molecule is COCCNCCn1nc2cnccn2c1=O. The van der Waals surface area contributed by atoms with Gasteiger partial charge in [-0.1, -0.05) is 0 Å². The first-order valence-electron chi connectivity index (χ1n) is 5.42. The first kappa shape index (κ1) is 11.7. The van der Waals surface area contributed by atoms with Gasteiger partial charge in [0, 0.05) is 32.6 Å². The maximum Gasteiger partial charge on any atom is 0.350 e. The zero-order chi connectivity index (χ0) is 12.1. The highest BCUT2D eigenvalue weighted by Gasteiger charge is 2.04. The maximum atomic E-state index is 11.8. The summed E-state index contributed by atoms with van der Waals surface area (Å²) in [6.45, 7) is 2.63. The number of fused-ring (bicyclic) bond motifs is 1. The monoisotopic (exact) mass is 237 g/mol. The smallest absolute Gasteiger partial charge is 0.350 e. The van der Waals surface area contributed by atoms with Gasteiger partial charge in [0.25, 0.3) is 0 Å². The molecule has 0 unspecified atom stereocenters. The second-order valence-electron chi connectivity index (χ2n) is 3.55. The van der Waals surface area contributed by atoms with Gasteiger partial charge in [0.05, 0.1) is 19.3 Å². The Bertz CT molecular complexity index is 533. The van der Waals surface area contributed by atoms with Gasteiger partial charge >= 0.3 is 5.69 Å². The third kappa shape index (κ3) is 2.69. The van der Waals surface area contributed by atoms with Crippen LogP contribution in [0.4, 0.5) is 0 Å². The molecule has 0 atom stereocenters. The maximum absolute atomic E-state index is 11.8. The van der Waals surface area contributed by atoms with Crippen LogP contribution in [0, 0.1) is 0 Å². The van der Waals surface area contributed by atoms with Crippen molar-refractivity contribution in [3.63, 3.8) is 0 Å². The van der Waals surface area contributed by atoms with Gasteiger partial charge in [0.15, 0.2) is 5.65 Å². The summed E-state index contributed by atoms with van der Waals surface area (Å²) < 4.78 is 7.81. The molecule has 2 heterocycles. The molecule has 0 amide bonds. The molecule has 92 valence electrons.